The van der Waals surface area contributed by atoms with Gasteiger partial charge in [-0.1, -0.05) is 0 Å². The van der Waals surface area contributed by atoms with E-state index in [2.05, 4.69) is 4.42 Å². The summed E-state index contributed by atoms with van der Waals surface area (Å²) in [5, 5.41) is 0. The van der Waals surface area contributed by atoms with Gasteiger partial charge in [-0.2, -0.15) is 13.2 Å². The summed E-state index contributed by atoms with van der Waals surface area (Å²) >= 11 is 0. The van der Waals surface area contributed by atoms with Crippen molar-refractivity contribution in [2.45, 2.75) is 6.18 Å². The van der Waals surface area contributed by atoms with Crippen molar-refractivity contribution in [2.24, 2.45) is 0 Å². The minimum absolute atomic E-state index is 1.16. The van der Waals surface area contributed by atoms with E-state index < -0.39 is 17.7 Å². The Hall–Kier alpha value is -1.20. The van der Waals surface area contributed by atoms with E-state index in [1.54, 1.807) is 4.98 Å². The third-order valence-corrected chi connectivity index (χ3v) is 0.730. The second kappa shape index (κ2) is 1.89. The van der Waals surface area contributed by atoms with Gasteiger partial charge in [0.15, 0.2) is 0 Å². The lowest BCUT2D eigenvalue weighted by atomic mass is 10.5. The number of aromatic nitrogens is 1. The largest absolute Gasteiger partial charge is 0.509 e. The summed E-state index contributed by atoms with van der Waals surface area (Å²) in [6.45, 7) is 0. The smallest absolute Gasteiger partial charge is 0.430 e. The molecule has 0 aromatic carbocycles. The quantitative estimate of drug-likeness (QED) is 0.558. The molecule has 0 aliphatic heterocycles. The first-order valence-corrected chi connectivity index (χ1v) is 2.18. The van der Waals surface area contributed by atoms with Crippen LogP contribution >= 0.6 is 0 Å². The van der Waals surface area contributed by atoms with Gasteiger partial charge in [0.25, 0.3) is 5.76 Å². The van der Waals surface area contributed by atoms with Crippen LogP contribution in [-0.2, 0) is 6.18 Å². The van der Waals surface area contributed by atoms with Crippen LogP contribution in [-0.4, -0.2) is 4.98 Å². The fourth-order valence-corrected chi connectivity index (χ4v) is 0.380. The normalized spacial score (nSPS) is 11.9. The summed E-state index contributed by atoms with van der Waals surface area (Å²) in [6.07, 6.45) is -3.12. The average molecular weight is 152 g/mol. The molecular weight excluding hydrogens is 151 g/mol. The first-order chi connectivity index (χ1) is 4.50. The number of hydrogen-bond donors (Lipinski definition) is 1. The van der Waals surface area contributed by atoms with E-state index >= 15 is 0 Å². The van der Waals surface area contributed by atoms with E-state index in [-0.39, 0.29) is 0 Å². The molecule has 1 heterocycles. The van der Waals surface area contributed by atoms with Crippen molar-refractivity contribution in [3.8, 4) is 0 Å². The molecule has 1 N–H and O–H groups in total. The van der Waals surface area contributed by atoms with Gasteiger partial charge in [-0.15, -0.1) is 6.20 Å². The summed E-state index contributed by atoms with van der Waals surface area (Å²) in [4.78, 5) is 11.6. The van der Waals surface area contributed by atoms with Crippen LogP contribution in [0.4, 0.5) is 13.2 Å². The second-order valence-corrected chi connectivity index (χ2v) is 1.47. The van der Waals surface area contributed by atoms with Crippen LogP contribution in [0.25, 0.3) is 0 Å². The van der Waals surface area contributed by atoms with E-state index in [4.69, 9.17) is 0 Å². The van der Waals surface area contributed by atoms with Crippen LogP contribution in [0.5, 0.6) is 0 Å². The van der Waals surface area contributed by atoms with E-state index in [9.17, 15) is 18.0 Å². The molecule has 1 aromatic rings. The maximum atomic E-state index is 11.5. The molecule has 3 nitrogen and oxygen atoms in total. The number of oxazole rings is 1. The lowest BCUT2D eigenvalue weighted by Crippen LogP contribution is -2.03. The SMILES string of the molecule is O=c1[nH][c-]c(C(F)(F)F)o1. The molecule has 10 heavy (non-hydrogen) atoms. The van der Waals surface area contributed by atoms with Crippen molar-refractivity contribution < 1.29 is 17.6 Å². The lowest BCUT2D eigenvalue weighted by Gasteiger charge is -2.02. The van der Waals surface area contributed by atoms with Gasteiger partial charge in [-0.25, -0.2) is 0 Å². The van der Waals surface area contributed by atoms with Gasteiger partial charge in [0.2, 0.25) is 0 Å². The Labute approximate surface area is 52.5 Å². The van der Waals surface area contributed by atoms with Crippen LogP contribution in [0.15, 0.2) is 9.21 Å². The molecule has 0 radical (unpaired) electrons. The Kier molecular flexibility index (Phi) is 1.31. The standard InChI is InChI=1S/C4HF3NO2/c5-4(6,7)2-1-8-3(9)10-2/h(H,8,9)/q-1. The third kappa shape index (κ3) is 1.20. The summed E-state index contributed by atoms with van der Waals surface area (Å²) in [6, 6.07) is 0. The van der Waals surface area contributed by atoms with Crippen LogP contribution in [0.3, 0.4) is 0 Å². The molecule has 0 amide bonds. The Morgan fingerprint density at radius 2 is 2.10 bits per heavy atom. The van der Waals surface area contributed by atoms with Crippen molar-refractivity contribution >= 4 is 0 Å². The zero-order chi connectivity index (χ0) is 7.78. The number of aromatic amines is 1. The maximum absolute atomic E-state index is 11.5. The lowest BCUT2D eigenvalue weighted by molar-refractivity contribution is -0.153. The highest BCUT2D eigenvalue weighted by molar-refractivity contribution is 4.91. The second-order valence-electron chi connectivity index (χ2n) is 1.47. The fraction of sp³-hybridized carbons (Fsp3) is 0.250. The maximum Gasteiger partial charge on any atom is 0.430 e. The van der Waals surface area contributed by atoms with Crippen molar-refractivity contribution in [2.75, 3.05) is 0 Å². The summed E-state index contributed by atoms with van der Waals surface area (Å²) in [5.74, 6) is -2.59. The summed E-state index contributed by atoms with van der Waals surface area (Å²) in [5.41, 5.74) is 0. The Balaban J connectivity index is 3.07. The van der Waals surface area contributed by atoms with E-state index in [0.717, 1.165) is 0 Å². The van der Waals surface area contributed by atoms with Gasteiger partial charge in [-0.05, 0) is 0 Å². The van der Waals surface area contributed by atoms with E-state index in [0.29, 0.717) is 0 Å². The summed E-state index contributed by atoms with van der Waals surface area (Å²) in [7, 11) is 0. The molecule has 1 aromatic heterocycles. The molecule has 56 valence electrons. The highest BCUT2D eigenvalue weighted by atomic mass is 19.4. The van der Waals surface area contributed by atoms with Gasteiger partial charge >= 0.3 is 6.18 Å². The first-order valence-electron chi connectivity index (χ1n) is 2.18. The number of hydrogen-bond acceptors (Lipinski definition) is 2. The number of halogens is 3. The monoisotopic (exact) mass is 152 g/mol. The Morgan fingerprint density at radius 1 is 1.50 bits per heavy atom. The van der Waals surface area contributed by atoms with Gasteiger partial charge in [0.1, 0.15) is 5.76 Å². The zero-order valence-corrected chi connectivity index (χ0v) is 4.45. The Bertz CT molecular complexity index is 271. The minimum atomic E-state index is -4.64. The molecule has 0 atom stereocenters. The van der Waals surface area contributed by atoms with Crippen molar-refractivity contribution in [1.82, 2.24) is 4.98 Å². The molecule has 0 fully saturated rings. The molecule has 0 unspecified atom stereocenters. The number of H-pyrrole nitrogens is 1. The third-order valence-electron chi connectivity index (χ3n) is 0.730. The highest BCUT2D eigenvalue weighted by Crippen LogP contribution is 2.26. The molecule has 6 heteroatoms. The predicted octanol–water partition coefficient (Wildman–Crippen LogP) is 0.787. The van der Waals surface area contributed by atoms with Gasteiger partial charge < -0.3 is 14.2 Å². The first kappa shape index (κ1) is 6.91. The van der Waals surface area contributed by atoms with E-state index in [1.807, 2.05) is 0 Å². The average Bonchev–Trinajstić information content (AvgIpc) is 2.11. The minimum Gasteiger partial charge on any atom is -0.509 e. The van der Waals surface area contributed by atoms with Crippen molar-refractivity contribution in [1.29, 1.82) is 0 Å². The predicted molar refractivity (Wildman–Crippen MR) is 23.2 cm³/mol. The highest BCUT2D eigenvalue weighted by Gasteiger charge is 2.30. The zero-order valence-electron chi connectivity index (χ0n) is 4.45. The fourth-order valence-electron chi connectivity index (χ4n) is 0.380. The Morgan fingerprint density at radius 3 is 2.30 bits per heavy atom. The van der Waals surface area contributed by atoms with E-state index in [1.165, 1.54) is 6.20 Å². The molecule has 0 aliphatic carbocycles. The van der Waals surface area contributed by atoms with Crippen LogP contribution < -0.4 is 5.76 Å². The number of alkyl halides is 3. The van der Waals surface area contributed by atoms with Crippen LogP contribution in [0.1, 0.15) is 5.76 Å². The topological polar surface area (TPSA) is 46.0 Å². The molecule has 1 rings (SSSR count). The van der Waals surface area contributed by atoms with Gasteiger partial charge in [-0.3, -0.25) is 0 Å². The van der Waals surface area contributed by atoms with Crippen molar-refractivity contribution in [3.05, 3.63) is 22.5 Å². The van der Waals surface area contributed by atoms with Gasteiger partial charge in [0.05, 0.1) is 0 Å². The van der Waals surface area contributed by atoms with Crippen LogP contribution in [0.2, 0.25) is 0 Å². The molecule has 0 aliphatic rings. The molecule has 0 bridgehead atoms. The molecule has 0 saturated heterocycles. The van der Waals surface area contributed by atoms with Gasteiger partial charge in [0, 0.05) is 0 Å². The summed E-state index contributed by atoms with van der Waals surface area (Å²) < 4.78 is 38.2. The number of rotatable bonds is 0. The number of nitrogens with one attached hydrogen (secondary N) is 1. The molecular formula is C4HF3NO2-. The molecule has 0 spiro atoms. The van der Waals surface area contributed by atoms with Crippen LogP contribution in [0, 0.1) is 6.20 Å². The van der Waals surface area contributed by atoms with Crippen molar-refractivity contribution in [3.63, 3.8) is 0 Å². The molecule has 0 saturated carbocycles.